The summed E-state index contributed by atoms with van der Waals surface area (Å²) in [4.78, 5) is 18.4. The molecule has 3 heterocycles. The number of rotatable bonds is 1. The Kier molecular flexibility index (Phi) is 3.85. The average molecular weight is 311 g/mol. The highest BCUT2D eigenvalue weighted by Crippen LogP contribution is 2.39. The second-order valence-electron chi connectivity index (χ2n) is 7.16. The summed E-state index contributed by atoms with van der Waals surface area (Å²) in [5.74, 6) is 0. The summed E-state index contributed by atoms with van der Waals surface area (Å²) in [6.45, 7) is 5.66. The number of nitrogens with zero attached hydrogens (tertiary/aromatic N) is 3. The van der Waals surface area contributed by atoms with Crippen LogP contribution in [0.3, 0.4) is 0 Å². The number of nitriles is 1. The van der Waals surface area contributed by atoms with Crippen molar-refractivity contribution in [3.05, 3.63) is 35.7 Å². The van der Waals surface area contributed by atoms with Crippen molar-refractivity contribution in [2.45, 2.75) is 57.7 Å². The van der Waals surface area contributed by atoms with Gasteiger partial charge < -0.3 is 4.74 Å². The molecule has 2 aliphatic heterocycles. The van der Waals surface area contributed by atoms with Crippen LogP contribution in [0.4, 0.5) is 4.79 Å². The van der Waals surface area contributed by atoms with Crippen molar-refractivity contribution < 1.29 is 9.53 Å². The van der Waals surface area contributed by atoms with Gasteiger partial charge in [-0.3, -0.25) is 9.88 Å². The zero-order valence-electron chi connectivity index (χ0n) is 13.7. The molecule has 1 fully saturated rings. The largest absolute Gasteiger partial charge is 0.444 e. The first-order valence-electron chi connectivity index (χ1n) is 7.95. The SMILES string of the molecule is CC(C)(C)OC(=O)N1C2C=C(c3cncc(C#N)c3)CC1CC2. The highest BCUT2D eigenvalue weighted by Gasteiger charge is 2.41. The van der Waals surface area contributed by atoms with Crippen LogP contribution < -0.4 is 0 Å². The Balaban J connectivity index is 1.83. The minimum atomic E-state index is -0.481. The van der Waals surface area contributed by atoms with E-state index >= 15 is 0 Å². The fourth-order valence-corrected chi connectivity index (χ4v) is 3.32. The molecule has 0 spiro atoms. The molecule has 23 heavy (non-hydrogen) atoms. The standard InChI is InChI=1S/C18H21N3O2/c1-18(2,3)23-17(22)21-15-4-5-16(21)8-13(7-15)14-6-12(9-19)10-20-11-14/h6-7,10-11,15-16H,4-5,8H2,1-3H3. The molecule has 1 aromatic heterocycles. The fraction of sp³-hybridized carbons (Fsp3) is 0.500. The van der Waals surface area contributed by atoms with Crippen LogP contribution in [0.1, 0.15) is 51.2 Å². The molecule has 1 amide bonds. The molecule has 5 heteroatoms. The summed E-state index contributed by atoms with van der Waals surface area (Å²) in [6.07, 6.45) is 7.97. The Morgan fingerprint density at radius 3 is 2.83 bits per heavy atom. The molecule has 120 valence electrons. The van der Waals surface area contributed by atoms with Gasteiger partial charge in [-0.2, -0.15) is 5.26 Å². The summed E-state index contributed by atoms with van der Waals surface area (Å²) in [5.41, 5.74) is 2.22. The maximum Gasteiger partial charge on any atom is 0.411 e. The maximum absolute atomic E-state index is 12.4. The van der Waals surface area contributed by atoms with Crippen LogP contribution in [-0.2, 0) is 4.74 Å². The Hall–Kier alpha value is -2.35. The van der Waals surface area contributed by atoms with Crippen molar-refractivity contribution >= 4 is 11.7 Å². The van der Waals surface area contributed by atoms with Crippen molar-refractivity contribution in [3.63, 3.8) is 0 Å². The number of carbonyl (C=O) groups is 1. The molecule has 0 aromatic carbocycles. The van der Waals surface area contributed by atoms with E-state index in [1.54, 1.807) is 12.4 Å². The van der Waals surface area contributed by atoms with E-state index in [-0.39, 0.29) is 18.2 Å². The van der Waals surface area contributed by atoms with E-state index < -0.39 is 5.60 Å². The van der Waals surface area contributed by atoms with Crippen molar-refractivity contribution in [1.82, 2.24) is 9.88 Å². The van der Waals surface area contributed by atoms with Crippen molar-refractivity contribution in [2.24, 2.45) is 0 Å². The maximum atomic E-state index is 12.4. The number of pyridine rings is 1. The first-order chi connectivity index (χ1) is 10.9. The zero-order chi connectivity index (χ0) is 16.6. The van der Waals surface area contributed by atoms with Gasteiger partial charge in [-0.25, -0.2) is 4.79 Å². The first kappa shape index (κ1) is 15.5. The molecule has 0 radical (unpaired) electrons. The molecule has 5 nitrogen and oxygen atoms in total. The zero-order valence-corrected chi connectivity index (χ0v) is 13.7. The van der Waals surface area contributed by atoms with Crippen LogP contribution >= 0.6 is 0 Å². The lowest BCUT2D eigenvalue weighted by Gasteiger charge is -2.35. The number of fused-ring (bicyclic) bond motifs is 2. The lowest BCUT2D eigenvalue weighted by atomic mass is 9.95. The van der Waals surface area contributed by atoms with Gasteiger partial charge in [0.25, 0.3) is 0 Å². The normalized spacial score (nSPS) is 23.2. The Morgan fingerprint density at radius 1 is 1.39 bits per heavy atom. The number of amides is 1. The van der Waals surface area contributed by atoms with E-state index in [9.17, 15) is 4.79 Å². The Labute approximate surface area is 136 Å². The molecule has 1 saturated heterocycles. The number of ether oxygens (including phenoxy) is 1. The number of aromatic nitrogens is 1. The van der Waals surface area contributed by atoms with Crippen LogP contribution in [0, 0.1) is 11.3 Å². The van der Waals surface area contributed by atoms with E-state index in [0.717, 1.165) is 24.8 Å². The number of hydrogen-bond acceptors (Lipinski definition) is 4. The lowest BCUT2D eigenvalue weighted by molar-refractivity contribution is 0.0175. The monoisotopic (exact) mass is 311 g/mol. The van der Waals surface area contributed by atoms with E-state index in [2.05, 4.69) is 17.1 Å². The highest BCUT2D eigenvalue weighted by atomic mass is 16.6. The smallest absolute Gasteiger partial charge is 0.411 e. The van der Waals surface area contributed by atoms with Crippen molar-refractivity contribution in [2.75, 3.05) is 0 Å². The molecule has 0 saturated carbocycles. The minimum absolute atomic E-state index is 0.0735. The summed E-state index contributed by atoms with van der Waals surface area (Å²) in [7, 11) is 0. The van der Waals surface area contributed by atoms with Crippen LogP contribution in [0.2, 0.25) is 0 Å². The molecular weight excluding hydrogens is 290 g/mol. The molecule has 2 atom stereocenters. The van der Waals surface area contributed by atoms with Gasteiger partial charge in [-0.1, -0.05) is 6.08 Å². The topological polar surface area (TPSA) is 66.2 Å². The summed E-state index contributed by atoms with van der Waals surface area (Å²) < 4.78 is 5.54. The van der Waals surface area contributed by atoms with Crippen LogP contribution in [0.15, 0.2) is 24.5 Å². The molecule has 2 unspecified atom stereocenters. The molecule has 0 N–H and O–H groups in total. The molecular formula is C18H21N3O2. The van der Waals surface area contributed by atoms with E-state index in [4.69, 9.17) is 10.00 Å². The Morgan fingerprint density at radius 2 is 2.17 bits per heavy atom. The van der Waals surface area contributed by atoms with Gasteiger partial charge in [0.15, 0.2) is 0 Å². The molecule has 1 aromatic rings. The number of carbonyl (C=O) groups excluding carboxylic acids is 1. The fourth-order valence-electron chi connectivity index (χ4n) is 3.32. The lowest BCUT2D eigenvalue weighted by Crippen LogP contribution is -2.45. The second kappa shape index (κ2) is 5.69. The van der Waals surface area contributed by atoms with Gasteiger partial charge in [0.05, 0.1) is 11.6 Å². The van der Waals surface area contributed by atoms with E-state index in [0.29, 0.717) is 5.56 Å². The third-order valence-corrected chi connectivity index (χ3v) is 4.24. The third kappa shape index (κ3) is 3.21. The van der Waals surface area contributed by atoms with Gasteiger partial charge in [0.1, 0.15) is 11.7 Å². The first-order valence-corrected chi connectivity index (χ1v) is 7.95. The van der Waals surface area contributed by atoms with Gasteiger partial charge in [0.2, 0.25) is 0 Å². The van der Waals surface area contributed by atoms with E-state index in [1.165, 1.54) is 5.57 Å². The predicted octanol–water partition coefficient (Wildman–Crippen LogP) is 3.51. The highest BCUT2D eigenvalue weighted by molar-refractivity contribution is 5.75. The summed E-state index contributed by atoms with van der Waals surface area (Å²) in [5, 5.41) is 9.02. The average Bonchev–Trinajstić information content (AvgIpc) is 2.76. The van der Waals surface area contributed by atoms with Gasteiger partial charge in [-0.05, 0) is 57.2 Å². The Bertz CT molecular complexity index is 697. The van der Waals surface area contributed by atoms with E-state index in [1.807, 2.05) is 31.7 Å². The van der Waals surface area contributed by atoms with Gasteiger partial charge in [-0.15, -0.1) is 0 Å². The van der Waals surface area contributed by atoms with Crippen molar-refractivity contribution in [3.8, 4) is 6.07 Å². The molecule has 0 aliphatic carbocycles. The third-order valence-electron chi connectivity index (χ3n) is 4.24. The second-order valence-corrected chi connectivity index (χ2v) is 7.16. The molecule has 2 aliphatic rings. The van der Waals surface area contributed by atoms with Crippen molar-refractivity contribution in [1.29, 1.82) is 5.26 Å². The number of hydrogen-bond donors (Lipinski definition) is 0. The molecule has 3 rings (SSSR count). The van der Waals surface area contributed by atoms with Crippen LogP contribution in [-0.4, -0.2) is 33.7 Å². The summed E-state index contributed by atoms with van der Waals surface area (Å²) >= 11 is 0. The summed E-state index contributed by atoms with van der Waals surface area (Å²) in [6, 6.07) is 4.23. The van der Waals surface area contributed by atoms with Crippen LogP contribution in [0.25, 0.3) is 5.57 Å². The predicted molar refractivity (Wildman–Crippen MR) is 86.4 cm³/mol. The minimum Gasteiger partial charge on any atom is -0.444 e. The van der Waals surface area contributed by atoms with Gasteiger partial charge >= 0.3 is 6.09 Å². The molecule has 2 bridgehead atoms. The van der Waals surface area contributed by atoms with Crippen LogP contribution in [0.5, 0.6) is 0 Å². The van der Waals surface area contributed by atoms with Gasteiger partial charge in [0, 0.05) is 18.4 Å². The quantitative estimate of drug-likeness (QED) is 0.796.